The van der Waals surface area contributed by atoms with Crippen molar-refractivity contribution in [3.8, 4) is 0 Å². The summed E-state index contributed by atoms with van der Waals surface area (Å²) in [5, 5.41) is 23.1. The molecule has 0 radical (unpaired) electrons. The van der Waals surface area contributed by atoms with Crippen LogP contribution in [0, 0.1) is 10.1 Å². The van der Waals surface area contributed by atoms with Crippen LogP contribution in [0.25, 0.3) is 0 Å². The lowest BCUT2D eigenvalue weighted by molar-refractivity contribution is -0.742. The van der Waals surface area contributed by atoms with Crippen molar-refractivity contribution in [2.24, 2.45) is 22.0 Å². The van der Waals surface area contributed by atoms with Crippen LogP contribution in [0.15, 0.2) is 10.4 Å². The third-order valence-electron chi connectivity index (χ3n) is 0.938. The van der Waals surface area contributed by atoms with Gasteiger partial charge < -0.3 is 5.21 Å². The first-order valence-electron chi connectivity index (χ1n) is 2.72. The number of nitrogens with zero attached hydrogens (tertiary/aromatic N) is 5. The molecule has 10 nitrogen and oxygen atoms in total. The van der Waals surface area contributed by atoms with Crippen molar-refractivity contribution in [2.75, 3.05) is 7.05 Å². The number of rotatable bonds is 0. The van der Waals surface area contributed by atoms with Crippen LogP contribution in [0.2, 0.25) is 0 Å². The lowest BCUT2D eigenvalue weighted by Crippen LogP contribution is -2.47. The molecule has 0 aliphatic carbocycles. The van der Waals surface area contributed by atoms with Gasteiger partial charge in [-0.3, -0.25) is 5.73 Å². The van der Waals surface area contributed by atoms with Crippen LogP contribution in [-0.4, -0.2) is 33.8 Å². The second-order valence-electron chi connectivity index (χ2n) is 1.78. The second-order valence-corrected chi connectivity index (χ2v) is 1.78. The van der Waals surface area contributed by atoms with Crippen molar-refractivity contribution in [1.29, 1.82) is 0 Å². The van der Waals surface area contributed by atoms with E-state index in [2.05, 4.69) is 10.4 Å². The van der Waals surface area contributed by atoms with E-state index >= 15 is 0 Å². The smallest absolute Gasteiger partial charge is 0.291 e. The molecule has 0 aromatic heterocycles. The summed E-state index contributed by atoms with van der Waals surface area (Å²) in [5.41, 5.74) is 5.36. The molecule has 0 amide bonds. The second kappa shape index (κ2) is 4.25. The highest BCUT2D eigenvalue weighted by Gasteiger charge is 2.18. The van der Waals surface area contributed by atoms with Gasteiger partial charge in [0.1, 0.15) is 0 Å². The van der Waals surface area contributed by atoms with Gasteiger partial charge in [-0.1, -0.05) is 0 Å². The van der Waals surface area contributed by atoms with Crippen molar-refractivity contribution in [1.82, 2.24) is 10.1 Å². The Morgan fingerprint density at radius 1 is 1.67 bits per heavy atom. The molecule has 12 heavy (non-hydrogen) atoms. The maximum atomic E-state index is 8.36. The number of nitrogens with two attached hydrogens (primary N) is 2. The Kier molecular flexibility index (Phi) is 3.66. The molecule has 0 spiro atoms. The first-order chi connectivity index (χ1) is 5.45. The van der Waals surface area contributed by atoms with Crippen LogP contribution in [-0.2, 0) is 0 Å². The third-order valence-corrected chi connectivity index (χ3v) is 0.938. The van der Waals surface area contributed by atoms with E-state index in [-0.39, 0.29) is 0 Å². The van der Waals surface area contributed by atoms with E-state index in [0.29, 0.717) is 0 Å². The Bertz CT molecular complexity index is 165. The standard InChI is InChI=1S/C2H8N6.HNO3/c1-7-2(3)8(4)6-5-7;2-1(3)4/h2H,3-4H2,1H3;(H,2,3,4). The molecule has 0 aromatic rings. The van der Waals surface area contributed by atoms with Gasteiger partial charge in [0.2, 0.25) is 6.29 Å². The molecule has 1 rings (SSSR count). The molecule has 1 aliphatic heterocycles. The van der Waals surface area contributed by atoms with E-state index in [1.54, 1.807) is 7.05 Å². The monoisotopic (exact) mass is 179 g/mol. The molecule has 5 N–H and O–H groups in total. The molecule has 0 saturated heterocycles. The van der Waals surface area contributed by atoms with Crippen LogP contribution in [0.3, 0.4) is 0 Å². The van der Waals surface area contributed by atoms with E-state index < -0.39 is 11.4 Å². The van der Waals surface area contributed by atoms with Crippen molar-refractivity contribution in [3.63, 3.8) is 0 Å². The van der Waals surface area contributed by atoms with Crippen LogP contribution in [0.4, 0.5) is 0 Å². The van der Waals surface area contributed by atoms with Crippen molar-refractivity contribution >= 4 is 0 Å². The Morgan fingerprint density at radius 2 is 2.08 bits per heavy atom. The van der Waals surface area contributed by atoms with Gasteiger partial charge >= 0.3 is 0 Å². The normalized spacial score (nSPS) is 20.4. The molecular formula is C2H9N7O3. The van der Waals surface area contributed by atoms with E-state index in [4.69, 9.17) is 26.9 Å². The minimum Gasteiger partial charge on any atom is -0.328 e. The topological polar surface area (TPSA) is 147 Å². The first kappa shape index (κ1) is 10.3. The number of hydrogen-bond donors (Lipinski definition) is 3. The summed E-state index contributed by atoms with van der Waals surface area (Å²) in [7, 11) is 1.70. The highest BCUT2D eigenvalue weighted by Crippen LogP contribution is 2.02. The molecule has 1 unspecified atom stereocenters. The molecular weight excluding hydrogens is 170 g/mol. The fourth-order valence-corrected chi connectivity index (χ4v) is 0.386. The molecule has 1 aliphatic rings. The molecule has 1 atom stereocenters. The largest absolute Gasteiger partial charge is 0.328 e. The average molecular weight is 179 g/mol. The lowest BCUT2D eigenvalue weighted by Gasteiger charge is -2.15. The summed E-state index contributed by atoms with van der Waals surface area (Å²) >= 11 is 0. The Labute approximate surface area is 67.1 Å². The van der Waals surface area contributed by atoms with Gasteiger partial charge in [0, 0.05) is 7.05 Å². The van der Waals surface area contributed by atoms with E-state index in [1.165, 1.54) is 5.01 Å². The highest BCUT2D eigenvalue weighted by atomic mass is 16.9. The quantitative estimate of drug-likeness (QED) is 0.227. The van der Waals surface area contributed by atoms with Crippen LogP contribution in [0.1, 0.15) is 0 Å². The minimum absolute atomic E-state index is 0.407. The molecule has 0 bridgehead atoms. The molecule has 0 saturated carbocycles. The zero-order chi connectivity index (χ0) is 9.72. The maximum Gasteiger partial charge on any atom is 0.291 e. The number of hydrogen-bond acceptors (Lipinski definition) is 8. The summed E-state index contributed by atoms with van der Waals surface area (Å²) in [6, 6.07) is 0. The summed E-state index contributed by atoms with van der Waals surface area (Å²) in [4.78, 5) is 8.36. The number of hydrazine groups is 1. The van der Waals surface area contributed by atoms with Gasteiger partial charge in [-0.05, 0) is 10.4 Å². The summed E-state index contributed by atoms with van der Waals surface area (Å²) in [6.07, 6.45) is -0.407. The van der Waals surface area contributed by atoms with Gasteiger partial charge in [0.25, 0.3) is 5.09 Å². The van der Waals surface area contributed by atoms with E-state index in [0.717, 1.165) is 5.12 Å². The summed E-state index contributed by atoms with van der Waals surface area (Å²) in [6.45, 7) is 0. The molecule has 0 fully saturated rings. The van der Waals surface area contributed by atoms with Crippen LogP contribution < -0.4 is 11.6 Å². The first-order valence-corrected chi connectivity index (χ1v) is 2.72. The van der Waals surface area contributed by atoms with Gasteiger partial charge in [-0.25, -0.2) is 10.9 Å². The van der Waals surface area contributed by atoms with Crippen molar-refractivity contribution < 1.29 is 10.3 Å². The lowest BCUT2D eigenvalue weighted by atomic mass is 10.8. The highest BCUT2D eigenvalue weighted by molar-refractivity contribution is 4.53. The SMILES string of the molecule is CN1N=NN(N)C1N.O=[N+]([O-])O. The van der Waals surface area contributed by atoms with Crippen LogP contribution >= 0.6 is 0 Å². The van der Waals surface area contributed by atoms with Gasteiger partial charge in [-0.2, -0.15) is 5.12 Å². The molecule has 0 aromatic carbocycles. The molecule has 70 valence electrons. The van der Waals surface area contributed by atoms with Gasteiger partial charge in [-0.15, -0.1) is 10.1 Å². The van der Waals surface area contributed by atoms with Crippen molar-refractivity contribution in [2.45, 2.75) is 6.29 Å². The molecule has 1 heterocycles. The molecule has 10 heteroatoms. The predicted molar refractivity (Wildman–Crippen MR) is 35.4 cm³/mol. The zero-order valence-corrected chi connectivity index (χ0v) is 6.23. The maximum absolute atomic E-state index is 8.36. The Morgan fingerprint density at radius 3 is 2.17 bits per heavy atom. The minimum atomic E-state index is -1.50. The van der Waals surface area contributed by atoms with E-state index in [9.17, 15) is 0 Å². The third kappa shape index (κ3) is 3.48. The summed E-state index contributed by atoms with van der Waals surface area (Å²) in [5.74, 6) is 5.17. The van der Waals surface area contributed by atoms with Crippen LogP contribution in [0.5, 0.6) is 0 Å². The summed E-state index contributed by atoms with van der Waals surface area (Å²) < 4.78 is 0. The van der Waals surface area contributed by atoms with Gasteiger partial charge in [0.15, 0.2) is 0 Å². The average Bonchev–Trinajstić information content (AvgIpc) is 2.19. The zero-order valence-electron chi connectivity index (χ0n) is 6.23. The van der Waals surface area contributed by atoms with Crippen molar-refractivity contribution in [3.05, 3.63) is 10.1 Å². The Balaban J connectivity index is 0.000000261. The fraction of sp³-hybridized carbons (Fsp3) is 1.00. The van der Waals surface area contributed by atoms with Gasteiger partial charge in [0.05, 0.1) is 0 Å². The van der Waals surface area contributed by atoms with E-state index in [1.807, 2.05) is 0 Å². The Hall–Kier alpha value is -1.68. The predicted octanol–water partition coefficient (Wildman–Crippen LogP) is -1.72. The fourth-order valence-electron chi connectivity index (χ4n) is 0.386.